The molecule has 196 valence electrons. The van der Waals surface area contributed by atoms with Gasteiger partial charge in [-0.2, -0.15) is 5.26 Å². The molecule has 0 spiro atoms. The standard InChI is InChI=1S/C25H32N8O4/c1-31-7-8-33(24(35)15-31)14-17-5-6-23(29-21(17)16-34)32(2)25(36)30-22-10-20(18(11-26)12-28-22)27-13-19-4-3-9-37-19/h5-6,10,12,16,19,25,36H,3-4,7-9,13-15H2,1-2H3,(H2,27,28,30). The Balaban J connectivity index is 1.42. The first kappa shape index (κ1) is 26.3. The van der Waals surface area contributed by atoms with Crippen LogP contribution < -0.4 is 15.5 Å². The van der Waals surface area contributed by atoms with Crippen molar-refractivity contribution < 1.29 is 19.4 Å². The maximum absolute atomic E-state index is 12.3. The van der Waals surface area contributed by atoms with Gasteiger partial charge in [-0.1, -0.05) is 6.07 Å². The zero-order valence-electron chi connectivity index (χ0n) is 21.1. The number of anilines is 3. The van der Waals surface area contributed by atoms with E-state index >= 15 is 0 Å². The van der Waals surface area contributed by atoms with Gasteiger partial charge in [0.15, 0.2) is 6.29 Å². The maximum atomic E-state index is 12.3. The number of nitrogens with one attached hydrogen (secondary N) is 2. The van der Waals surface area contributed by atoms with Crippen molar-refractivity contribution in [2.75, 3.05) is 62.4 Å². The molecular formula is C25H32N8O4. The molecule has 1 amide bonds. The van der Waals surface area contributed by atoms with Gasteiger partial charge in [0.2, 0.25) is 12.3 Å². The number of carbonyl (C=O) groups excluding carboxylic acids is 2. The molecule has 0 bridgehead atoms. The Morgan fingerprint density at radius 2 is 2.24 bits per heavy atom. The van der Waals surface area contributed by atoms with E-state index in [2.05, 4.69) is 26.7 Å². The van der Waals surface area contributed by atoms with E-state index in [4.69, 9.17) is 4.74 Å². The molecular weight excluding hydrogens is 476 g/mol. The molecule has 3 N–H and O–H groups in total. The van der Waals surface area contributed by atoms with Crippen molar-refractivity contribution in [1.29, 1.82) is 5.26 Å². The molecule has 37 heavy (non-hydrogen) atoms. The van der Waals surface area contributed by atoms with Crippen LogP contribution >= 0.6 is 0 Å². The van der Waals surface area contributed by atoms with Crippen molar-refractivity contribution in [3.63, 3.8) is 0 Å². The lowest BCUT2D eigenvalue weighted by atomic mass is 10.1. The highest BCUT2D eigenvalue weighted by Crippen LogP contribution is 2.22. The number of piperazine rings is 1. The Morgan fingerprint density at radius 1 is 1.41 bits per heavy atom. The number of carbonyl (C=O) groups is 2. The summed E-state index contributed by atoms with van der Waals surface area (Å²) in [5, 5.41) is 26.3. The first-order valence-electron chi connectivity index (χ1n) is 12.2. The van der Waals surface area contributed by atoms with Gasteiger partial charge in [0.25, 0.3) is 0 Å². The molecule has 2 aromatic heterocycles. The molecule has 2 aliphatic heterocycles. The normalized spacial score (nSPS) is 18.8. The topological polar surface area (TPSA) is 147 Å². The fraction of sp³-hybridized carbons (Fsp3) is 0.480. The van der Waals surface area contributed by atoms with Crippen LogP contribution in [0.1, 0.15) is 34.5 Å². The van der Waals surface area contributed by atoms with E-state index in [1.165, 1.54) is 11.1 Å². The summed E-state index contributed by atoms with van der Waals surface area (Å²) in [6.45, 7) is 3.31. The van der Waals surface area contributed by atoms with Crippen molar-refractivity contribution in [3.05, 3.63) is 41.2 Å². The molecule has 12 heteroatoms. The van der Waals surface area contributed by atoms with Crippen LogP contribution in [0.15, 0.2) is 24.4 Å². The SMILES string of the molecule is CN1CCN(Cc2ccc(N(C)C(O)Nc3cc(NCC4CCCO4)c(C#N)cn3)nc2C=O)C(=O)C1. The van der Waals surface area contributed by atoms with E-state index in [0.29, 0.717) is 60.9 Å². The van der Waals surface area contributed by atoms with Crippen LogP contribution in [0.2, 0.25) is 0 Å². The highest BCUT2D eigenvalue weighted by atomic mass is 16.5. The fourth-order valence-corrected chi connectivity index (χ4v) is 4.28. The number of nitrogens with zero attached hydrogens (tertiary/aromatic N) is 6. The lowest BCUT2D eigenvalue weighted by Crippen LogP contribution is -2.48. The van der Waals surface area contributed by atoms with Gasteiger partial charge in [0, 0.05) is 57.7 Å². The van der Waals surface area contributed by atoms with Crippen LogP contribution in [0.25, 0.3) is 0 Å². The quantitative estimate of drug-likeness (QED) is 0.310. The monoisotopic (exact) mass is 508 g/mol. The summed E-state index contributed by atoms with van der Waals surface area (Å²) in [6, 6.07) is 7.21. The minimum atomic E-state index is -1.22. The zero-order chi connectivity index (χ0) is 26.4. The largest absolute Gasteiger partial charge is 0.381 e. The van der Waals surface area contributed by atoms with Gasteiger partial charge in [-0.25, -0.2) is 9.97 Å². The predicted molar refractivity (Wildman–Crippen MR) is 137 cm³/mol. The van der Waals surface area contributed by atoms with Gasteiger partial charge in [-0.05, 0) is 26.0 Å². The van der Waals surface area contributed by atoms with E-state index < -0.39 is 6.35 Å². The van der Waals surface area contributed by atoms with Gasteiger partial charge < -0.3 is 30.3 Å². The summed E-state index contributed by atoms with van der Waals surface area (Å²) in [4.78, 5) is 37.8. The van der Waals surface area contributed by atoms with Crippen LogP contribution in [-0.2, 0) is 16.1 Å². The second-order valence-corrected chi connectivity index (χ2v) is 9.26. The van der Waals surface area contributed by atoms with E-state index in [0.717, 1.165) is 26.0 Å². The maximum Gasteiger partial charge on any atom is 0.237 e. The number of likely N-dealkylation sites (N-methyl/N-ethyl adjacent to an activating group) is 1. The van der Waals surface area contributed by atoms with E-state index in [9.17, 15) is 20.0 Å². The molecule has 4 rings (SSSR count). The zero-order valence-corrected chi connectivity index (χ0v) is 21.1. The molecule has 0 saturated carbocycles. The Hall–Kier alpha value is -3.79. The van der Waals surface area contributed by atoms with Gasteiger partial charge in [-0.15, -0.1) is 0 Å². The lowest BCUT2D eigenvalue weighted by molar-refractivity contribution is -0.136. The molecule has 2 saturated heterocycles. The molecule has 0 aliphatic carbocycles. The summed E-state index contributed by atoms with van der Waals surface area (Å²) in [6.07, 6.45) is 2.96. The highest BCUT2D eigenvalue weighted by Gasteiger charge is 2.23. The minimum Gasteiger partial charge on any atom is -0.381 e. The van der Waals surface area contributed by atoms with Crippen molar-refractivity contribution in [2.45, 2.75) is 31.8 Å². The number of rotatable bonds is 10. The van der Waals surface area contributed by atoms with Crippen LogP contribution in [0.3, 0.4) is 0 Å². The van der Waals surface area contributed by atoms with Gasteiger partial charge in [0.05, 0.1) is 23.9 Å². The Kier molecular flexibility index (Phi) is 8.50. The fourth-order valence-electron chi connectivity index (χ4n) is 4.28. The molecule has 12 nitrogen and oxygen atoms in total. The molecule has 2 aliphatic rings. The molecule has 2 aromatic rings. The molecule has 0 radical (unpaired) electrons. The smallest absolute Gasteiger partial charge is 0.237 e. The first-order valence-corrected chi connectivity index (χ1v) is 12.2. The lowest BCUT2D eigenvalue weighted by Gasteiger charge is -2.32. The van der Waals surface area contributed by atoms with E-state index in [1.807, 2.05) is 11.9 Å². The van der Waals surface area contributed by atoms with Crippen LogP contribution in [0, 0.1) is 11.3 Å². The summed E-state index contributed by atoms with van der Waals surface area (Å²) in [5.41, 5.74) is 1.83. The van der Waals surface area contributed by atoms with Gasteiger partial charge in [0.1, 0.15) is 23.4 Å². The van der Waals surface area contributed by atoms with Crippen molar-refractivity contribution in [3.8, 4) is 6.07 Å². The molecule has 2 unspecified atom stereocenters. The van der Waals surface area contributed by atoms with E-state index in [1.54, 1.807) is 30.1 Å². The summed E-state index contributed by atoms with van der Waals surface area (Å²) in [7, 11) is 3.52. The van der Waals surface area contributed by atoms with Crippen molar-refractivity contribution >= 4 is 29.5 Å². The van der Waals surface area contributed by atoms with Crippen LogP contribution in [0.4, 0.5) is 17.3 Å². The Labute approximate surface area is 215 Å². The second-order valence-electron chi connectivity index (χ2n) is 9.26. The number of aliphatic hydroxyl groups is 1. The van der Waals surface area contributed by atoms with Crippen LogP contribution in [0.5, 0.6) is 0 Å². The summed E-state index contributed by atoms with van der Waals surface area (Å²) < 4.78 is 5.63. The third-order valence-corrected chi connectivity index (χ3v) is 6.55. The average molecular weight is 509 g/mol. The average Bonchev–Trinajstić information content (AvgIpc) is 3.42. The van der Waals surface area contributed by atoms with Crippen molar-refractivity contribution in [2.24, 2.45) is 0 Å². The number of aromatic nitrogens is 2. The minimum absolute atomic E-state index is 0.00552. The molecule has 2 atom stereocenters. The second kappa shape index (κ2) is 12.0. The van der Waals surface area contributed by atoms with E-state index in [-0.39, 0.29) is 17.7 Å². The predicted octanol–water partition coefficient (Wildman–Crippen LogP) is 0.850. The van der Waals surface area contributed by atoms with Crippen molar-refractivity contribution in [1.82, 2.24) is 19.8 Å². The summed E-state index contributed by atoms with van der Waals surface area (Å²) in [5.74, 6) is 0.723. The number of aldehydes is 1. The molecule has 4 heterocycles. The number of amides is 1. The summed E-state index contributed by atoms with van der Waals surface area (Å²) >= 11 is 0. The number of ether oxygens (including phenoxy) is 1. The number of hydrogen-bond donors (Lipinski definition) is 3. The molecule has 2 fully saturated rings. The molecule has 0 aromatic carbocycles. The number of pyridine rings is 2. The number of nitriles is 1. The highest BCUT2D eigenvalue weighted by molar-refractivity contribution is 5.80. The third-order valence-electron chi connectivity index (χ3n) is 6.55. The number of hydrogen-bond acceptors (Lipinski definition) is 11. The van der Waals surface area contributed by atoms with Crippen LogP contribution in [-0.4, -0.2) is 96.4 Å². The van der Waals surface area contributed by atoms with Gasteiger partial charge >= 0.3 is 0 Å². The third kappa shape index (κ3) is 6.51. The first-order chi connectivity index (χ1) is 17.9. The Morgan fingerprint density at radius 3 is 2.95 bits per heavy atom. The van der Waals surface area contributed by atoms with Gasteiger partial charge in [-0.3, -0.25) is 14.5 Å². The number of aliphatic hydroxyl groups excluding tert-OH is 1. The Bertz CT molecular complexity index is 1160.